The standard InChI is InChI=1S/C22H21N5OS/c1-3-4-15-5-7-16(8-6-15)17-9-11-18(12-10-17)26-21(28)19-14(2)25-22(29-19)20-23-13-24-27-20/h5-13H,3-4H2,1-2H3,(H,26,28)(H,23,24,27). The number of carbonyl (C=O) groups is 1. The fourth-order valence-electron chi connectivity index (χ4n) is 3.10. The molecule has 2 aromatic heterocycles. The third kappa shape index (κ3) is 4.25. The number of nitrogens with zero attached hydrogens (tertiary/aromatic N) is 3. The predicted molar refractivity (Wildman–Crippen MR) is 116 cm³/mol. The van der Waals surface area contributed by atoms with Crippen LogP contribution in [0.25, 0.3) is 22.0 Å². The first-order valence-corrected chi connectivity index (χ1v) is 10.3. The summed E-state index contributed by atoms with van der Waals surface area (Å²) in [5.41, 5.74) is 5.05. The molecule has 7 heteroatoms. The van der Waals surface area contributed by atoms with Crippen molar-refractivity contribution in [3.8, 4) is 22.0 Å². The van der Waals surface area contributed by atoms with Gasteiger partial charge in [-0.3, -0.25) is 9.89 Å². The van der Waals surface area contributed by atoms with E-state index in [0.717, 1.165) is 29.7 Å². The summed E-state index contributed by atoms with van der Waals surface area (Å²) in [5.74, 6) is 0.383. The van der Waals surface area contributed by atoms with E-state index < -0.39 is 0 Å². The molecule has 0 saturated heterocycles. The zero-order valence-electron chi connectivity index (χ0n) is 16.3. The van der Waals surface area contributed by atoms with Gasteiger partial charge in [0.05, 0.1) is 5.69 Å². The molecule has 0 fully saturated rings. The van der Waals surface area contributed by atoms with E-state index in [-0.39, 0.29) is 5.91 Å². The third-order valence-corrected chi connectivity index (χ3v) is 5.75. The summed E-state index contributed by atoms with van der Waals surface area (Å²) in [7, 11) is 0. The topological polar surface area (TPSA) is 83.6 Å². The maximum Gasteiger partial charge on any atom is 0.267 e. The number of thiazole rings is 1. The molecular weight excluding hydrogens is 382 g/mol. The van der Waals surface area contributed by atoms with Gasteiger partial charge in [-0.2, -0.15) is 5.10 Å². The lowest BCUT2D eigenvalue weighted by molar-refractivity contribution is 0.103. The number of amides is 1. The maximum absolute atomic E-state index is 12.7. The number of anilines is 1. The number of benzene rings is 2. The quantitative estimate of drug-likeness (QED) is 0.469. The minimum absolute atomic E-state index is 0.178. The van der Waals surface area contributed by atoms with Crippen LogP contribution in [0, 0.1) is 6.92 Å². The van der Waals surface area contributed by atoms with Gasteiger partial charge >= 0.3 is 0 Å². The molecular formula is C22H21N5OS. The van der Waals surface area contributed by atoms with E-state index in [2.05, 4.69) is 56.7 Å². The molecule has 0 atom stereocenters. The first-order valence-electron chi connectivity index (χ1n) is 9.48. The average Bonchev–Trinajstić information content (AvgIpc) is 3.39. The van der Waals surface area contributed by atoms with Crippen LogP contribution in [0.1, 0.15) is 34.3 Å². The van der Waals surface area contributed by atoms with Gasteiger partial charge in [0, 0.05) is 5.69 Å². The van der Waals surface area contributed by atoms with Gasteiger partial charge in [0.2, 0.25) is 0 Å². The van der Waals surface area contributed by atoms with Crippen molar-refractivity contribution in [2.24, 2.45) is 0 Å². The van der Waals surface area contributed by atoms with E-state index in [4.69, 9.17) is 0 Å². The van der Waals surface area contributed by atoms with E-state index in [1.54, 1.807) is 0 Å². The second-order valence-corrected chi connectivity index (χ2v) is 7.75. The Morgan fingerprint density at radius 2 is 1.76 bits per heavy atom. The van der Waals surface area contributed by atoms with Gasteiger partial charge in [-0.15, -0.1) is 11.3 Å². The number of H-pyrrole nitrogens is 1. The second-order valence-electron chi connectivity index (χ2n) is 6.75. The fourth-order valence-corrected chi connectivity index (χ4v) is 4.01. The van der Waals surface area contributed by atoms with Crippen molar-refractivity contribution < 1.29 is 4.79 Å². The summed E-state index contributed by atoms with van der Waals surface area (Å²) >= 11 is 1.29. The normalized spacial score (nSPS) is 10.8. The van der Waals surface area contributed by atoms with Crippen molar-refractivity contribution in [3.63, 3.8) is 0 Å². The Morgan fingerprint density at radius 3 is 2.38 bits per heavy atom. The van der Waals surface area contributed by atoms with Gasteiger partial charge in [-0.1, -0.05) is 49.7 Å². The van der Waals surface area contributed by atoms with Gasteiger partial charge in [0.25, 0.3) is 5.91 Å². The molecule has 29 heavy (non-hydrogen) atoms. The minimum Gasteiger partial charge on any atom is -0.321 e. The van der Waals surface area contributed by atoms with Crippen LogP contribution in [-0.4, -0.2) is 26.1 Å². The molecule has 4 rings (SSSR count). The minimum atomic E-state index is -0.178. The molecule has 0 aliphatic rings. The largest absolute Gasteiger partial charge is 0.321 e. The highest BCUT2D eigenvalue weighted by atomic mass is 32.1. The molecule has 0 aliphatic carbocycles. The van der Waals surface area contributed by atoms with Crippen molar-refractivity contribution in [1.29, 1.82) is 0 Å². The summed E-state index contributed by atoms with van der Waals surface area (Å²) in [5, 5.41) is 10.2. The number of aromatic amines is 1. The first-order chi connectivity index (χ1) is 14.1. The summed E-state index contributed by atoms with van der Waals surface area (Å²) in [6.07, 6.45) is 3.66. The second kappa shape index (κ2) is 8.36. The molecule has 0 aliphatic heterocycles. The lowest BCUT2D eigenvalue weighted by Crippen LogP contribution is -2.11. The zero-order valence-corrected chi connectivity index (χ0v) is 17.1. The van der Waals surface area contributed by atoms with Crippen LogP contribution >= 0.6 is 11.3 Å². The highest BCUT2D eigenvalue weighted by molar-refractivity contribution is 7.17. The fraction of sp³-hybridized carbons (Fsp3) is 0.182. The van der Waals surface area contributed by atoms with Crippen LogP contribution in [0.5, 0.6) is 0 Å². The number of carbonyl (C=O) groups excluding carboxylic acids is 1. The third-order valence-electron chi connectivity index (χ3n) is 4.59. The summed E-state index contributed by atoms with van der Waals surface area (Å²) in [6, 6.07) is 16.5. The van der Waals surface area contributed by atoms with Crippen LogP contribution in [0.4, 0.5) is 5.69 Å². The van der Waals surface area contributed by atoms with Gasteiger partial charge in [0.1, 0.15) is 11.2 Å². The van der Waals surface area contributed by atoms with Crippen LogP contribution in [-0.2, 0) is 6.42 Å². The molecule has 0 bridgehead atoms. The lowest BCUT2D eigenvalue weighted by Gasteiger charge is -2.07. The van der Waals surface area contributed by atoms with Crippen molar-refractivity contribution >= 4 is 22.9 Å². The molecule has 0 unspecified atom stereocenters. The van der Waals surface area contributed by atoms with Crippen molar-refractivity contribution in [1.82, 2.24) is 20.2 Å². The summed E-state index contributed by atoms with van der Waals surface area (Å²) in [6.45, 7) is 4.00. The Morgan fingerprint density at radius 1 is 1.07 bits per heavy atom. The number of hydrogen-bond acceptors (Lipinski definition) is 5. The first kappa shape index (κ1) is 19.0. The van der Waals surface area contributed by atoms with Gasteiger partial charge in [0.15, 0.2) is 10.8 Å². The van der Waals surface area contributed by atoms with Gasteiger partial charge in [-0.25, -0.2) is 9.97 Å². The van der Waals surface area contributed by atoms with E-state index in [1.165, 1.54) is 23.2 Å². The van der Waals surface area contributed by atoms with Gasteiger partial charge in [-0.05, 0) is 42.2 Å². The number of aromatic nitrogens is 4. The Balaban J connectivity index is 1.47. The van der Waals surface area contributed by atoms with Crippen LogP contribution < -0.4 is 5.32 Å². The number of hydrogen-bond donors (Lipinski definition) is 2. The number of aryl methyl sites for hydroxylation is 2. The molecule has 0 saturated carbocycles. The Hall–Kier alpha value is -3.32. The number of nitrogens with one attached hydrogen (secondary N) is 2. The van der Waals surface area contributed by atoms with E-state index in [0.29, 0.717) is 21.4 Å². The zero-order chi connectivity index (χ0) is 20.2. The van der Waals surface area contributed by atoms with Crippen LogP contribution in [0.3, 0.4) is 0 Å². The lowest BCUT2D eigenvalue weighted by atomic mass is 10.0. The smallest absolute Gasteiger partial charge is 0.267 e. The maximum atomic E-state index is 12.7. The van der Waals surface area contributed by atoms with Crippen LogP contribution in [0.2, 0.25) is 0 Å². The SMILES string of the molecule is CCCc1ccc(-c2ccc(NC(=O)c3sc(-c4ncn[nH]4)nc3C)cc2)cc1. The van der Waals surface area contributed by atoms with E-state index in [9.17, 15) is 4.79 Å². The van der Waals surface area contributed by atoms with Gasteiger partial charge < -0.3 is 5.32 Å². The van der Waals surface area contributed by atoms with Crippen molar-refractivity contribution in [3.05, 3.63) is 71.0 Å². The Kier molecular flexibility index (Phi) is 5.48. The highest BCUT2D eigenvalue weighted by Gasteiger charge is 2.17. The van der Waals surface area contributed by atoms with Crippen molar-refractivity contribution in [2.45, 2.75) is 26.7 Å². The predicted octanol–water partition coefficient (Wildman–Crippen LogP) is 5.11. The molecule has 2 aromatic carbocycles. The van der Waals surface area contributed by atoms with Crippen LogP contribution in [0.15, 0.2) is 54.9 Å². The molecule has 0 spiro atoms. The molecule has 6 nitrogen and oxygen atoms in total. The van der Waals surface area contributed by atoms with E-state index >= 15 is 0 Å². The molecule has 4 aromatic rings. The Labute approximate surface area is 173 Å². The molecule has 146 valence electrons. The molecule has 0 radical (unpaired) electrons. The van der Waals surface area contributed by atoms with Crippen molar-refractivity contribution in [2.75, 3.05) is 5.32 Å². The summed E-state index contributed by atoms with van der Waals surface area (Å²) in [4.78, 5) is 21.7. The Bertz CT molecular complexity index is 1100. The van der Waals surface area contributed by atoms with E-state index in [1.807, 2.05) is 31.2 Å². The molecule has 2 heterocycles. The summed E-state index contributed by atoms with van der Waals surface area (Å²) < 4.78 is 0. The molecule has 2 N–H and O–H groups in total. The number of rotatable bonds is 6. The average molecular weight is 404 g/mol. The highest BCUT2D eigenvalue weighted by Crippen LogP contribution is 2.27. The monoisotopic (exact) mass is 403 g/mol. The molecule has 1 amide bonds.